The van der Waals surface area contributed by atoms with Crippen molar-refractivity contribution in [3.8, 4) is 0 Å². The molecular weight excluding hydrogens is 166 g/mol. The second-order valence-electron chi connectivity index (χ2n) is 2.77. The minimum Gasteiger partial charge on any atom is -0.384 e. The summed E-state index contributed by atoms with van der Waals surface area (Å²) in [7, 11) is 1.73. The first kappa shape index (κ1) is 9.51. The molecule has 0 radical (unpaired) electrons. The van der Waals surface area contributed by atoms with Gasteiger partial charge in [0.1, 0.15) is 11.5 Å². The Morgan fingerprint density at radius 3 is 2.85 bits per heavy atom. The van der Waals surface area contributed by atoms with Crippen LogP contribution in [0.3, 0.4) is 0 Å². The van der Waals surface area contributed by atoms with Crippen LogP contribution < -0.4 is 5.73 Å². The van der Waals surface area contributed by atoms with Gasteiger partial charge in [0.2, 0.25) is 0 Å². The first-order valence-corrected chi connectivity index (χ1v) is 4.13. The van der Waals surface area contributed by atoms with E-state index in [-0.39, 0.29) is 5.91 Å². The van der Waals surface area contributed by atoms with Crippen LogP contribution in [0.5, 0.6) is 0 Å². The van der Waals surface area contributed by atoms with Crippen molar-refractivity contribution < 1.29 is 4.79 Å². The number of pyridine rings is 1. The number of carbonyl (C=O) groups excluding carboxylic acids is 1. The van der Waals surface area contributed by atoms with Gasteiger partial charge in [0.15, 0.2) is 0 Å². The highest BCUT2D eigenvalue weighted by Crippen LogP contribution is 2.03. The summed E-state index contributed by atoms with van der Waals surface area (Å²) < 4.78 is 0. The molecule has 0 atom stereocenters. The molecule has 0 unspecified atom stereocenters. The standard InChI is InChI=1S/C9H13N3O/c1-3-12(2)9(13)7-5-4-6-8(10)11-7/h4-6H,3H2,1-2H3,(H2,10,11). The summed E-state index contributed by atoms with van der Waals surface area (Å²) in [6.45, 7) is 2.57. The Bertz CT molecular complexity index is 311. The fourth-order valence-electron chi connectivity index (χ4n) is 0.910. The second-order valence-corrected chi connectivity index (χ2v) is 2.77. The van der Waals surface area contributed by atoms with E-state index in [2.05, 4.69) is 4.98 Å². The fraction of sp³-hybridized carbons (Fsp3) is 0.333. The van der Waals surface area contributed by atoms with Gasteiger partial charge >= 0.3 is 0 Å². The minimum atomic E-state index is -0.102. The monoisotopic (exact) mass is 179 g/mol. The zero-order valence-corrected chi connectivity index (χ0v) is 7.82. The third-order valence-electron chi connectivity index (χ3n) is 1.81. The Kier molecular flexibility index (Phi) is 2.84. The summed E-state index contributed by atoms with van der Waals surface area (Å²) in [5.41, 5.74) is 5.85. The number of aromatic nitrogens is 1. The number of amides is 1. The molecule has 0 fully saturated rings. The predicted molar refractivity (Wildman–Crippen MR) is 51.3 cm³/mol. The first-order chi connectivity index (χ1) is 6.15. The van der Waals surface area contributed by atoms with E-state index in [1.54, 1.807) is 30.1 Å². The number of rotatable bonds is 2. The highest BCUT2D eigenvalue weighted by atomic mass is 16.2. The third kappa shape index (κ3) is 2.18. The van der Waals surface area contributed by atoms with Crippen molar-refractivity contribution in [3.63, 3.8) is 0 Å². The van der Waals surface area contributed by atoms with Gasteiger partial charge in [0, 0.05) is 13.6 Å². The quantitative estimate of drug-likeness (QED) is 0.729. The molecule has 0 aliphatic rings. The molecule has 13 heavy (non-hydrogen) atoms. The third-order valence-corrected chi connectivity index (χ3v) is 1.81. The molecule has 0 aliphatic carbocycles. The highest BCUT2D eigenvalue weighted by Gasteiger charge is 2.10. The average Bonchev–Trinajstić information content (AvgIpc) is 2.15. The van der Waals surface area contributed by atoms with Crippen LogP contribution in [0, 0.1) is 0 Å². The van der Waals surface area contributed by atoms with Gasteiger partial charge in [-0.1, -0.05) is 6.07 Å². The van der Waals surface area contributed by atoms with E-state index in [0.29, 0.717) is 18.1 Å². The maximum atomic E-state index is 11.5. The maximum Gasteiger partial charge on any atom is 0.272 e. The largest absolute Gasteiger partial charge is 0.384 e. The summed E-state index contributed by atoms with van der Waals surface area (Å²) in [4.78, 5) is 17.0. The summed E-state index contributed by atoms with van der Waals surface area (Å²) >= 11 is 0. The molecule has 0 aliphatic heterocycles. The number of hydrogen-bond donors (Lipinski definition) is 1. The first-order valence-electron chi connectivity index (χ1n) is 4.13. The smallest absolute Gasteiger partial charge is 0.272 e. The molecule has 0 aromatic carbocycles. The number of carbonyl (C=O) groups is 1. The lowest BCUT2D eigenvalue weighted by molar-refractivity contribution is 0.0797. The summed E-state index contributed by atoms with van der Waals surface area (Å²) in [6.07, 6.45) is 0. The minimum absolute atomic E-state index is 0.102. The normalized spacial score (nSPS) is 9.69. The van der Waals surface area contributed by atoms with Gasteiger partial charge in [0.05, 0.1) is 0 Å². The summed E-state index contributed by atoms with van der Waals surface area (Å²) in [5.74, 6) is 0.269. The number of nitrogens with two attached hydrogens (primary N) is 1. The van der Waals surface area contributed by atoms with Crippen molar-refractivity contribution in [3.05, 3.63) is 23.9 Å². The number of hydrogen-bond acceptors (Lipinski definition) is 3. The maximum absolute atomic E-state index is 11.5. The molecule has 1 heterocycles. The lowest BCUT2D eigenvalue weighted by Gasteiger charge is -2.13. The number of anilines is 1. The lowest BCUT2D eigenvalue weighted by atomic mass is 10.3. The van der Waals surface area contributed by atoms with Crippen molar-refractivity contribution in [1.82, 2.24) is 9.88 Å². The summed E-state index contributed by atoms with van der Waals surface area (Å²) in [5, 5.41) is 0. The van der Waals surface area contributed by atoms with E-state index in [0.717, 1.165) is 0 Å². The molecule has 4 heteroatoms. The van der Waals surface area contributed by atoms with Gasteiger partial charge < -0.3 is 10.6 Å². The van der Waals surface area contributed by atoms with Crippen molar-refractivity contribution in [2.75, 3.05) is 19.3 Å². The zero-order chi connectivity index (χ0) is 9.84. The molecule has 4 nitrogen and oxygen atoms in total. The van der Waals surface area contributed by atoms with Gasteiger partial charge in [0.25, 0.3) is 5.91 Å². The van der Waals surface area contributed by atoms with Crippen molar-refractivity contribution in [2.24, 2.45) is 0 Å². The Morgan fingerprint density at radius 1 is 1.62 bits per heavy atom. The Hall–Kier alpha value is -1.58. The zero-order valence-electron chi connectivity index (χ0n) is 7.82. The Labute approximate surface area is 77.4 Å². The van der Waals surface area contributed by atoms with Crippen molar-refractivity contribution >= 4 is 11.7 Å². The molecule has 1 aromatic rings. The molecule has 70 valence electrons. The van der Waals surface area contributed by atoms with Crippen LogP contribution in [0.15, 0.2) is 18.2 Å². The van der Waals surface area contributed by atoms with E-state index >= 15 is 0 Å². The topological polar surface area (TPSA) is 59.2 Å². The molecule has 0 saturated heterocycles. The molecule has 1 aromatic heterocycles. The number of nitrogens with zero attached hydrogens (tertiary/aromatic N) is 2. The van der Waals surface area contributed by atoms with Gasteiger partial charge in [-0.3, -0.25) is 4.79 Å². The van der Waals surface area contributed by atoms with Crippen molar-refractivity contribution in [1.29, 1.82) is 0 Å². The van der Waals surface area contributed by atoms with Crippen LogP contribution in [-0.2, 0) is 0 Å². The lowest BCUT2D eigenvalue weighted by Crippen LogP contribution is -2.27. The van der Waals surface area contributed by atoms with Gasteiger partial charge in [-0.25, -0.2) is 4.98 Å². The van der Waals surface area contributed by atoms with Crippen LogP contribution in [-0.4, -0.2) is 29.4 Å². The number of nitrogen functional groups attached to an aromatic ring is 1. The van der Waals surface area contributed by atoms with E-state index in [9.17, 15) is 4.79 Å². The van der Waals surface area contributed by atoms with Gasteiger partial charge in [-0.15, -0.1) is 0 Å². The van der Waals surface area contributed by atoms with E-state index in [4.69, 9.17) is 5.73 Å². The molecule has 2 N–H and O–H groups in total. The van der Waals surface area contributed by atoms with Crippen LogP contribution in [0.1, 0.15) is 17.4 Å². The molecule has 0 saturated carbocycles. The molecular formula is C9H13N3O. The van der Waals surface area contributed by atoms with E-state index in [1.807, 2.05) is 6.92 Å². The van der Waals surface area contributed by atoms with Crippen LogP contribution in [0.2, 0.25) is 0 Å². The SMILES string of the molecule is CCN(C)C(=O)c1cccc(N)n1. The molecule has 0 bridgehead atoms. The van der Waals surface area contributed by atoms with E-state index < -0.39 is 0 Å². The predicted octanol–water partition coefficient (Wildman–Crippen LogP) is 0.756. The fourth-order valence-corrected chi connectivity index (χ4v) is 0.910. The molecule has 1 amide bonds. The second kappa shape index (κ2) is 3.89. The average molecular weight is 179 g/mol. The Morgan fingerprint density at radius 2 is 2.31 bits per heavy atom. The van der Waals surface area contributed by atoms with Gasteiger partial charge in [-0.05, 0) is 19.1 Å². The van der Waals surface area contributed by atoms with Crippen LogP contribution >= 0.6 is 0 Å². The van der Waals surface area contributed by atoms with Gasteiger partial charge in [-0.2, -0.15) is 0 Å². The molecule has 0 spiro atoms. The highest BCUT2D eigenvalue weighted by molar-refractivity contribution is 5.92. The van der Waals surface area contributed by atoms with Crippen LogP contribution in [0.4, 0.5) is 5.82 Å². The van der Waals surface area contributed by atoms with Crippen LogP contribution in [0.25, 0.3) is 0 Å². The van der Waals surface area contributed by atoms with Crippen molar-refractivity contribution in [2.45, 2.75) is 6.92 Å². The summed E-state index contributed by atoms with van der Waals surface area (Å²) in [6, 6.07) is 5.03. The Balaban J connectivity index is 2.89. The molecule has 1 rings (SSSR count). The van der Waals surface area contributed by atoms with E-state index in [1.165, 1.54) is 0 Å².